The summed E-state index contributed by atoms with van der Waals surface area (Å²) >= 11 is 6.36. The van der Waals surface area contributed by atoms with Gasteiger partial charge in [0.05, 0.1) is 18.7 Å². The number of para-hydroxylation sites is 1. The van der Waals surface area contributed by atoms with Crippen molar-refractivity contribution in [2.45, 2.75) is 6.04 Å². The molecule has 1 aliphatic heterocycles. The quantitative estimate of drug-likeness (QED) is 0.759. The number of benzene rings is 2. The summed E-state index contributed by atoms with van der Waals surface area (Å²) in [6.07, 6.45) is 1.89. The largest absolute Gasteiger partial charge is 0.496 e. The Labute approximate surface area is 158 Å². The smallest absolute Gasteiger partial charge is 0.124 e. The molecule has 1 atom stereocenters. The van der Waals surface area contributed by atoms with Crippen LogP contribution in [0.5, 0.6) is 5.75 Å². The van der Waals surface area contributed by atoms with Crippen molar-refractivity contribution >= 4 is 22.5 Å². The van der Waals surface area contributed by atoms with E-state index < -0.39 is 0 Å². The van der Waals surface area contributed by atoms with Crippen molar-refractivity contribution in [1.29, 1.82) is 0 Å². The maximum atomic E-state index is 6.36. The average Bonchev–Trinajstić information content (AvgIpc) is 2.69. The van der Waals surface area contributed by atoms with E-state index in [0.717, 1.165) is 48.0 Å². The third-order valence-electron chi connectivity index (χ3n) is 4.98. The molecule has 0 amide bonds. The molecule has 134 valence electrons. The van der Waals surface area contributed by atoms with Gasteiger partial charge in [-0.2, -0.15) is 0 Å². The summed E-state index contributed by atoms with van der Waals surface area (Å²) < 4.78 is 5.69. The van der Waals surface area contributed by atoms with Crippen LogP contribution >= 0.6 is 11.6 Å². The third-order valence-corrected chi connectivity index (χ3v) is 5.22. The molecule has 0 saturated carbocycles. The lowest BCUT2D eigenvalue weighted by atomic mass is 9.93. The van der Waals surface area contributed by atoms with Gasteiger partial charge in [0.25, 0.3) is 0 Å². The summed E-state index contributed by atoms with van der Waals surface area (Å²) in [5, 5.41) is 5.33. The Balaban J connectivity index is 1.93. The zero-order valence-electron chi connectivity index (χ0n) is 14.8. The highest BCUT2D eigenvalue weighted by Gasteiger charge is 2.28. The number of aromatic nitrogens is 1. The first-order valence-corrected chi connectivity index (χ1v) is 9.27. The fourth-order valence-electron chi connectivity index (χ4n) is 3.78. The van der Waals surface area contributed by atoms with Gasteiger partial charge in [0, 0.05) is 48.3 Å². The predicted molar refractivity (Wildman–Crippen MR) is 106 cm³/mol. The lowest BCUT2D eigenvalue weighted by molar-refractivity contribution is 0.196. The molecule has 3 aromatic rings. The highest BCUT2D eigenvalue weighted by molar-refractivity contribution is 6.30. The number of ether oxygens (including phenoxy) is 1. The first-order valence-electron chi connectivity index (χ1n) is 8.90. The van der Waals surface area contributed by atoms with Crippen molar-refractivity contribution < 1.29 is 4.74 Å². The van der Waals surface area contributed by atoms with Gasteiger partial charge in [-0.25, -0.2) is 0 Å². The molecule has 0 bridgehead atoms. The number of piperazine rings is 1. The average molecular weight is 368 g/mol. The number of halogens is 1. The third kappa shape index (κ3) is 3.28. The van der Waals surface area contributed by atoms with Gasteiger partial charge in [0.2, 0.25) is 0 Å². The van der Waals surface area contributed by atoms with Crippen molar-refractivity contribution in [3.8, 4) is 5.75 Å². The zero-order chi connectivity index (χ0) is 17.9. The lowest BCUT2D eigenvalue weighted by Crippen LogP contribution is -2.45. The molecule has 2 aromatic carbocycles. The van der Waals surface area contributed by atoms with Crippen LogP contribution in [0.15, 0.2) is 54.7 Å². The van der Waals surface area contributed by atoms with Crippen LogP contribution in [0.1, 0.15) is 17.2 Å². The van der Waals surface area contributed by atoms with Gasteiger partial charge in [0.1, 0.15) is 5.75 Å². The van der Waals surface area contributed by atoms with Crippen LogP contribution in [-0.2, 0) is 0 Å². The molecule has 4 nitrogen and oxygen atoms in total. The van der Waals surface area contributed by atoms with Gasteiger partial charge in [-0.3, -0.25) is 9.88 Å². The first-order chi connectivity index (χ1) is 12.8. The Kier molecular flexibility index (Phi) is 5.07. The molecule has 0 aliphatic carbocycles. The number of pyridine rings is 1. The van der Waals surface area contributed by atoms with E-state index in [-0.39, 0.29) is 6.04 Å². The molecule has 0 spiro atoms. The molecule has 0 radical (unpaired) electrons. The normalized spacial score (nSPS) is 16.5. The van der Waals surface area contributed by atoms with Crippen molar-refractivity contribution in [2.24, 2.45) is 0 Å². The minimum Gasteiger partial charge on any atom is -0.496 e. The second-order valence-corrected chi connectivity index (χ2v) is 6.93. The molecule has 5 heteroatoms. The highest BCUT2D eigenvalue weighted by atomic mass is 35.5. The molecule has 26 heavy (non-hydrogen) atoms. The number of hydrogen-bond donors (Lipinski definition) is 1. The fourth-order valence-corrected chi connectivity index (χ4v) is 3.96. The second kappa shape index (κ2) is 7.62. The Morgan fingerprint density at radius 2 is 1.88 bits per heavy atom. The number of hydrogen-bond acceptors (Lipinski definition) is 4. The van der Waals surface area contributed by atoms with Gasteiger partial charge in [-0.1, -0.05) is 29.8 Å². The number of rotatable bonds is 4. The van der Waals surface area contributed by atoms with E-state index in [1.165, 1.54) is 10.9 Å². The summed E-state index contributed by atoms with van der Waals surface area (Å²) in [5.74, 6) is 0.860. The van der Waals surface area contributed by atoms with Crippen LogP contribution < -0.4 is 10.1 Å². The molecule has 1 N–H and O–H groups in total. The second-order valence-electron chi connectivity index (χ2n) is 6.49. The van der Waals surface area contributed by atoms with Crippen LogP contribution in [0.3, 0.4) is 0 Å². The molecular weight excluding hydrogens is 346 g/mol. The Morgan fingerprint density at radius 3 is 2.69 bits per heavy atom. The lowest BCUT2D eigenvalue weighted by Gasteiger charge is -2.36. The Bertz CT molecular complexity index is 903. The van der Waals surface area contributed by atoms with E-state index in [1.807, 2.05) is 30.5 Å². The fraction of sp³-hybridized carbons (Fsp3) is 0.286. The van der Waals surface area contributed by atoms with Gasteiger partial charge in [0.15, 0.2) is 0 Å². The van der Waals surface area contributed by atoms with E-state index in [1.54, 1.807) is 7.11 Å². The van der Waals surface area contributed by atoms with Crippen LogP contribution in [0.25, 0.3) is 10.9 Å². The van der Waals surface area contributed by atoms with E-state index in [2.05, 4.69) is 39.5 Å². The highest BCUT2D eigenvalue weighted by Crippen LogP contribution is 2.38. The Hall–Kier alpha value is -2.14. The number of nitrogens with one attached hydrogen (secondary N) is 1. The van der Waals surface area contributed by atoms with Crippen molar-refractivity contribution in [3.05, 3.63) is 70.9 Å². The summed E-state index contributed by atoms with van der Waals surface area (Å²) in [7, 11) is 1.71. The maximum absolute atomic E-state index is 6.36. The Morgan fingerprint density at radius 1 is 1.08 bits per heavy atom. The van der Waals surface area contributed by atoms with Crippen molar-refractivity contribution in [1.82, 2.24) is 15.2 Å². The summed E-state index contributed by atoms with van der Waals surface area (Å²) in [6.45, 7) is 3.89. The molecule has 2 heterocycles. The van der Waals surface area contributed by atoms with Crippen LogP contribution in [0.2, 0.25) is 5.02 Å². The molecule has 1 aromatic heterocycles. The first kappa shape index (κ1) is 17.3. The van der Waals surface area contributed by atoms with Gasteiger partial charge in [-0.15, -0.1) is 0 Å². The topological polar surface area (TPSA) is 37.4 Å². The maximum Gasteiger partial charge on any atom is 0.124 e. The SMILES string of the molecule is COc1ccc(Cl)cc1C(c1ccnc2ccccc12)N1CCNCC1. The monoisotopic (exact) mass is 367 g/mol. The summed E-state index contributed by atoms with van der Waals surface area (Å²) in [5.41, 5.74) is 3.34. The molecule has 1 unspecified atom stereocenters. The predicted octanol–water partition coefficient (Wildman–Crippen LogP) is 3.89. The molecule has 1 aliphatic rings. The number of fused-ring (bicyclic) bond motifs is 1. The van der Waals surface area contributed by atoms with Crippen molar-refractivity contribution in [2.75, 3.05) is 33.3 Å². The van der Waals surface area contributed by atoms with Crippen molar-refractivity contribution in [3.63, 3.8) is 0 Å². The van der Waals surface area contributed by atoms with Gasteiger partial charge < -0.3 is 10.1 Å². The molecular formula is C21H22ClN3O. The van der Waals surface area contributed by atoms with E-state index in [9.17, 15) is 0 Å². The van der Waals surface area contributed by atoms with Crippen LogP contribution in [0.4, 0.5) is 0 Å². The van der Waals surface area contributed by atoms with E-state index in [0.29, 0.717) is 0 Å². The van der Waals surface area contributed by atoms with Crippen LogP contribution in [-0.4, -0.2) is 43.2 Å². The molecule has 4 rings (SSSR count). The molecule has 1 saturated heterocycles. The van der Waals surface area contributed by atoms with E-state index >= 15 is 0 Å². The number of methoxy groups -OCH3 is 1. The molecule has 1 fully saturated rings. The minimum atomic E-state index is 0.0682. The summed E-state index contributed by atoms with van der Waals surface area (Å²) in [4.78, 5) is 7.03. The zero-order valence-corrected chi connectivity index (χ0v) is 15.5. The van der Waals surface area contributed by atoms with Crippen LogP contribution in [0, 0.1) is 0 Å². The van der Waals surface area contributed by atoms with Gasteiger partial charge >= 0.3 is 0 Å². The number of nitrogens with zero attached hydrogens (tertiary/aromatic N) is 2. The van der Waals surface area contributed by atoms with E-state index in [4.69, 9.17) is 16.3 Å². The standard InChI is InChI=1S/C21H22ClN3O/c1-26-20-7-6-15(22)14-18(20)21(25-12-10-23-11-13-25)17-8-9-24-19-5-3-2-4-16(17)19/h2-9,14,21,23H,10-13H2,1H3. The van der Waals surface area contributed by atoms with Gasteiger partial charge in [-0.05, 0) is 35.9 Å². The summed E-state index contributed by atoms with van der Waals surface area (Å²) in [6, 6.07) is 16.3. The minimum absolute atomic E-state index is 0.0682.